The van der Waals surface area contributed by atoms with Crippen LogP contribution in [0.5, 0.6) is 0 Å². The van der Waals surface area contributed by atoms with Gasteiger partial charge in [-0.1, -0.05) is 17.7 Å². The molecule has 3 aliphatic heterocycles. The van der Waals surface area contributed by atoms with Crippen LogP contribution < -0.4 is 5.32 Å². The molecule has 1 atom stereocenters. The summed E-state index contributed by atoms with van der Waals surface area (Å²) in [5, 5.41) is 3.76. The Morgan fingerprint density at radius 1 is 1.33 bits per heavy atom. The molecule has 1 N–H and O–H groups in total. The van der Waals surface area contributed by atoms with Gasteiger partial charge >= 0.3 is 0 Å². The van der Waals surface area contributed by atoms with Gasteiger partial charge in [0, 0.05) is 23.2 Å². The maximum absolute atomic E-state index is 12.2. The number of amides is 1. The van der Waals surface area contributed by atoms with Crippen LogP contribution in [0.1, 0.15) is 23.2 Å². The number of benzene rings is 1. The van der Waals surface area contributed by atoms with Gasteiger partial charge in [-0.25, -0.2) is 0 Å². The Morgan fingerprint density at radius 3 is 2.72 bits per heavy atom. The van der Waals surface area contributed by atoms with Crippen LogP contribution in [-0.2, 0) is 0 Å². The van der Waals surface area contributed by atoms with Crippen molar-refractivity contribution in [2.75, 3.05) is 19.6 Å². The molecule has 3 saturated heterocycles. The number of nitrogens with zero attached hydrogens (tertiary/aromatic N) is 1. The van der Waals surface area contributed by atoms with E-state index in [2.05, 4.69) is 10.2 Å². The third-order valence-corrected chi connectivity index (χ3v) is 4.29. The molecule has 4 heteroatoms. The van der Waals surface area contributed by atoms with E-state index in [9.17, 15) is 4.79 Å². The zero-order valence-corrected chi connectivity index (χ0v) is 11.0. The van der Waals surface area contributed by atoms with Crippen molar-refractivity contribution in [3.05, 3.63) is 34.9 Å². The highest BCUT2D eigenvalue weighted by Crippen LogP contribution is 2.27. The zero-order chi connectivity index (χ0) is 12.5. The number of carbonyl (C=O) groups is 1. The van der Waals surface area contributed by atoms with Crippen molar-refractivity contribution in [3.8, 4) is 0 Å². The molecular weight excluding hydrogens is 248 g/mol. The maximum atomic E-state index is 12.2. The van der Waals surface area contributed by atoms with Gasteiger partial charge in [0.15, 0.2) is 0 Å². The predicted molar refractivity (Wildman–Crippen MR) is 71.9 cm³/mol. The quantitative estimate of drug-likeness (QED) is 0.888. The van der Waals surface area contributed by atoms with Gasteiger partial charge in [0.25, 0.3) is 5.91 Å². The van der Waals surface area contributed by atoms with E-state index in [1.807, 2.05) is 12.1 Å². The lowest BCUT2D eigenvalue weighted by Crippen LogP contribution is -2.57. The number of halogens is 1. The minimum Gasteiger partial charge on any atom is -0.348 e. The van der Waals surface area contributed by atoms with E-state index >= 15 is 0 Å². The summed E-state index contributed by atoms with van der Waals surface area (Å²) in [7, 11) is 0. The Hall–Kier alpha value is -1.06. The van der Waals surface area contributed by atoms with E-state index in [1.54, 1.807) is 12.1 Å². The number of rotatable bonds is 2. The fourth-order valence-electron chi connectivity index (χ4n) is 3.01. The van der Waals surface area contributed by atoms with Crippen LogP contribution in [0.3, 0.4) is 0 Å². The lowest BCUT2D eigenvalue weighted by Gasteiger charge is -2.44. The van der Waals surface area contributed by atoms with Gasteiger partial charge in [-0.15, -0.1) is 0 Å². The third-order valence-electron chi connectivity index (χ3n) is 4.06. The Bertz CT molecular complexity index is 455. The highest BCUT2D eigenvalue weighted by atomic mass is 35.5. The summed E-state index contributed by atoms with van der Waals surface area (Å²) < 4.78 is 0. The molecule has 96 valence electrons. The van der Waals surface area contributed by atoms with Crippen LogP contribution in [0, 0.1) is 5.92 Å². The second-order valence-corrected chi connectivity index (χ2v) is 5.66. The number of nitrogens with one attached hydrogen (secondary N) is 1. The number of hydrogen-bond acceptors (Lipinski definition) is 2. The van der Waals surface area contributed by atoms with Crippen molar-refractivity contribution in [1.29, 1.82) is 0 Å². The number of carbonyl (C=O) groups excluding carboxylic acids is 1. The average molecular weight is 265 g/mol. The summed E-state index contributed by atoms with van der Waals surface area (Å²) in [6, 6.07) is 7.43. The SMILES string of the molecule is O=C(N[C@H]1CN2CCC1CC2)c1cccc(Cl)c1. The summed E-state index contributed by atoms with van der Waals surface area (Å²) in [6.45, 7) is 3.37. The second-order valence-electron chi connectivity index (χ2n) is 5.23. The van der Waals surface area contributed by atoms with E-state index < -0.39 is 0 Å². The van der Waals surface area contributed by atoms with Crippen LogP contribution in [0.2, 0.25) is 5.02 Å². The van der Waals surface area contributed by atoms with Crippen molar-refractivity contribution in [2.45, 2.75) is 18.9 Å². The zero-order valence-electron chi connectivity index (χ0n) is 10.2. The standard InChI is InChI=1S/C14H17ClN2O/c15-12-3-1-2-11(8-12)14(18)16-13-9-17-6-4-10(13)5-7-17/h1-3,8,10,13H,4-7,9H2,(H,16,18)/t13-/m0/s1. The summed E-state index contributed by atoms with van der Waals surface area (Å²) in [4.78, 5) is 14.6. The topological polar surface area (TPSA) is 32.3 Å². The smallest absolute Gasteiger partial charge is 0.251 e. The first-order valence-corrected chi connectivity index (χ1v) is 6.89. The molecule has 0 unspecified atom stereocenters. The fraction of sp³-hybridized carbons (Fsp3) is 0.500. The molecule has 18 heavy (non-hydrogen) atoms. The van der Waals surface area contributed by atoms with Gasteiger partial charge in [-0.05, 0) is 50.0 Å². The third kappa shape index (κ3) is 2.38. The number of hydrogen-bond donors (Lipinski definition) is 1. The van der Waals surface area contributed by atoms with Crippen LogP contribution in [0.25, 0.3) is 0 Å². The lowest BCUT2D eigenvalue weighted by molar-refractivity contribution is 0.0620. The molecule has 0 aromatic heterocycles. The molecule has 0 radical (unpaired) electrons. The highest BCUT2D eigenvalue weighted by Gasteiger charge is 2.34. The van der Waals surface area contributed by atoms with E-state index in [0.29, 0.717) is 22.5 Å². The molecule has 1 amide bonds. The first kappa shape index (κ1) is 12.0. The van der Waals surface area contributed by atoms with Crippen LogP contribution in [0.4, 0.5) is 0 Å². The molecule has 0 saturated carbocycles. The Balaban J connectivity index is 1.68. The van der Waals surface area contributed by atoms with Gasteiger partial charge in [-0.3, -0.25) is 4.79 Å². The average Bonchev–Trinajstić information content (AvgIpc) is 2.40. The Labute approximate surface area is 112 Å². The van der Waals surface area contributed by atoms with Crippen LogP contribution >= 0.6 is 11.6 Å². The van der Waals surface area contributed by atoms with E-state index in [4.69, 9.17) is 11.6 Å². The molecular formula is C14H17ClN2O. The predicted octanol–water partition coefficient (Wildman–Crippen LogP) is 2.16. The second kappa shape index (κ2) is 4.90. The van der Waals surface area contributed by atoms with E-state index in [-0.39, 0.29) is 5.91 Å². The molecule has 3 heterocycles. The van der Waals surface area contributed by atoms with Crippen molar-refractivity contribution in [3.63, 3.8) is 0 Å². The molecule has 3 aliphatic rings. The van der Waals surface area contributed by atoms with Crippen molar-refractivity contribution >= 4 is 17.5 Å². The first-order chi connectivity index (χ1) is 8.72. The summed E-state index contributed by atoms with van der Waals surface area (Å²) in [6.07, 6.45) is 2.42. The van der Waals surface area contributed by atoms with Gasteiger partial charge in [0.05, 0.1) is 0 Å². The largest absolute Gasteiger partial charge is 0.348 e. The first-order valence-electron chi connectivity index (χ1n) is 6.51. The molecule has 0 aliphatic carbocycles. The van der Waals surface area contributed by atoms with E-state index in [1.165, 1.54) is 25.9 Å². The van der Waals surface area contributed by atoms with E-state index in [0.717, 1.165) is 6.54 Å². The van der Waals surface area contributed by atoms with Gasteiger partial charge < -0.3 is 10.2 Å². The molecule has 3 fully saturated rings. The normalized spacial score (nSPS) is 30.2. The van der Waals surface area contributed by atoms with Crippen molar-refractivity contribution < 1.29 is 4.79 Å². The minimum atomic E-state index is -0.00347. The summed E-state index contributed by atoms with van der Waals surface area (Å²) in [5.41, 5.74) is 0.652. The summed E-state index contributed by atoms with van der Waals surface area (Å²) in [5.74, 6) is 0.648. The van der Waals surface area contributed by atoms with Gasteiger partial charge in [0.1, 0.15) is 0 Å². The number of piperidine rings is 3. The van der Waals surface area contributed by atoms with Gasteiger partial charge in [-0.2, -0.15) is 0 Å². The number of fused-ring (bicyclic) bond motifs is 3. The fourth-order valence-corrected chi connectivity index (χ4v) is 3.20. The highest BCUT2D eigenvalue weighted by molar-refractivity contribution is 6.30. The van der Waals surface area contributed by atoms with Crippen LogP contribution in [0.15, 0.2) is 24.3 Å². The van der Waals surface area contributed by atoms with Crippen molar-refractivity contribution in [2.24, 2.45) is 5.92 Å². The Kier molecular flexibility index (Phi) is 3.27. The minimum absolute atomic E-state index is 0.00347. The molecule has 1 aromatic carbocycles. The molecule has 3 nitrogen and oxygen atoms in total. The van der Waals surface area contributed by atoms with Crippen molar-refractivity contribution in [1.82, 2.24) is 10.2 Å². The molecule has 4 rings (SSSR count). The summed E-state index contributed by atoms with van der Waals surface area (Å²) >= 11 is 5.91. The van der Waals surface area contributed by atoms with Crippen LogP contribution in [-0.4, -0.2) is 36.5 Å². The molecule has 1 aromatic rings. The lowest BCUT2D eigenvalue weighted by atomic mass is 9.84. The molecule has 0 spiro atoms. The maximum Gasteiger partial charge on any atom is 0.251 e. The van der Waals surface area contributed by atoms with Gasteiger partial charge in [0.2, 0.25) is 0 Å². The molecule has 2 bridgehead atoms. The monoisotopic (exact) mass is 264 g/mol. The Morgan fingerprint density at radius 2 is 2.11 bits per heavy atom.